The number of aromatic nitrogens is 1. The molecule has 0 aliphatic carbocycles. The van der Waals surface area contributed by atoms with Crippen LogP contribution in [0.15, 0.2) is 47.3 Å². The third kappa shape index (κ3) is 4.10. The summed E-state index contributed by atoms with van der Waals surface area (Å²) in [6, 6.07) is 10.5. The molecule has 0 saturated carbocycles. The molecule has 0 unspecified atom stereocenters. The van der Waals surface area contributed by atoms with Gasteiger partial charge in [0.1, 0.15) is 4.70 Å². The Balaban J connectivity index is 1.72. The average Bonchev–Trinajstić information content (AvgIpc) is 2.72. The Morgan fingerprint density at radius 3 is 2.55 bits per heavy atom. The summed E-state index contributed by atoms with van der Waals surface area (Å²) in [6.07, 6.45) is -5.04. The Bertz CT molecular complexity index is 1200. The van der Waals surface area contributed by atoms with Gasteiger partial charge in [0.2, 0.25) is 0 Å². The highest BCUT2D eigenvalue weighted by Gasteiger charge is 2.35. The molecule has 4 rings (SSSR count). The number of hydrogen-bond donors (Lipinski definition) is 1. The molecule has 1 aliphatic heterocycles. The minimum Gasteiger partial charge on any atom is -0.391 e. The lowest BCUT2D eigenvalue weighted by atomic mass is 9.87. The van der Waals surface area contributed by atoms with Crippen LogP contribution in [0.25, 0.3) is 10.1 Å². The second-order valence-corrected chi connectivity index (χ2v) is 8.23. The first-order valence-corrected chi connectivity index (χ1v) is 10.1. The van der Waals surface area contributed by atoms with Crippen molar-refractivity contribution in [3.63, 3.8) is 0 Å². The normalized spacial score (nSPS) is 19.5. The van der Waals surface area contributed by atoms with E-state index in [0.29, 0.717) is 25.1 Å². The van der Waals surface area contributed by atoms with Crippen molar-refractivity contribution >= 4 is 32.2 Å². The molecule has 0 spiro atoms. The number of alkyl halides is 3. The van der Waals surface area contributed by atoms with Crippen LogP contribution >= 0.6 is 11.3 Å². The molecule has 1 aliphatic rings. The molecule has 1 fully saturated rings. The van der Waals surface area contributed by atoms with Crippen LogP contribution in [0.5, 0.6) is 0 Å². The van der Waals surface area contributed by atoms with E-state index in [2.05, 4.69) is 4.98 Å². The van der Waals surface area contributed by atoms with Crippen LogP contribution in [0.1, 0.15) is 23.5 Å². The fourth-order valence-corrected chi connectivity index (χ4v) is 4.87. The van der Waals surface area contributed by atoms with Crippen molar-refractivity contribution in [1.82, 2.24) is 4.98 Å². The van der Waals surface area contributed by atoms with Crippen molar-refractivity contribution in [2.45, 2.75) is 24.6 Å². The third-order valence-electron chi connectivity index (χ3n) is 5.29. The molecular weight excluding hydrogens is 435 g/mol. The van der Waals surface area contributed by atoms with E-state index in [0.717, 1.165) is 16.9 Å². The average molecular weight is 451 g/mol. The number of anilines is 1. The molecule has 1 N–H and O–H groups in total. The number of nitro benzene ring substituents is 1. The van der Waals surface area contributed by atoms with Crippen molar-refractivity contribution < 1.29 is 23.2 Å². The van der Waals surface area contributed by atoms with Gasteiger partial charge in [-0.05, 0) is 18.1 Å². The van der Waals surface area contributed by atoms with Gasteiger partial charge in [-0.15, -0.1) is 0 Å². The van der Waals surface area contributed by atoms with E-state index < -0.39 is 39.4 Å². The molecule has 0 amide bonds. The van der Waals surface area contributed by atoms with Gasteiger partial charge in [0, 0.05) is 25.1 Å². The number of benzene rings is 2. The van der Waals surface area contributed by atoms with Crippen LogP contribution in [-0.4, -0.2) is 34.2 Å². The molecule has 2 atom stereocenters. The SMILES string of the molecule is O=c1nc(N2CC[C@H](c3ccccc3)[C@@H](O)C2)sc2c([N+](=O)[O-])cc(C(F)(F)F)cc12. The van der Waals surface area contributed by atoms with E-state index in [1.54, 1.807) is 4.90 Å². The lowest BCUT2D eigenvalue weighted by Gasteiger charge is -2.36. The summed E-state index contributed by atoms with van der Waals surface area (Å²) in [5.41, 5.74) is -2.07. The van der Waals surface area contributed by atoms with E-state index in [-0.39, 0.29) is 22.3 Å². The maximum absolute atomic E-state index is 13.1. The highest BCUT2D eigenvalue weighted by molar-refractivity contribution is 7.22. The maximum Gasteiger partial charge on any atom is 0.416 e. The van der Waals surface area contributed by atoms with Gasteiger partial charge < -0.3 is 10.0 Å². The van der Waals surface area contributed by atoms with Crippen LogP contribution in [0.4, 0.5) is 24.0 Å². The summed E-state index contributed by atoms with van der Waals surface area (Å²) in [7, 11) is 0. The number of nitrogens with zero attached hydrogens (tertiary/aromatic N) is 3. The number of aliphatic hydroxyl groups is 1. The smallest absolute Gasteiger partial charge is 0.391 e. The molecule has 162 valence electrons. The van der Waals surface area contributed by atoms with Gasteiger partial charge in [-0.2, -0.15) is 18.2 Å². The number of rotatable bonds is 3. The minimum atomic E-state index is -4.84. The molecular formula is C20H16F3N3O4S. The largest absolute Gasteiger partial charge is 0.416 e. The quantitative estimate of drug-likeness (QED) is 0.479. The Hall–Kier alpha value is -3.05. The van der Waals surface area contributed by atoms with Crippen molar-refractivity contribution in [2.24, 2.45) is 0 Å². The zero-order valence-electron chi connectivity index (χ0n) is 15.9. The predicted molar refractivity (Wildman–Crippen MR) is 110 cm³/mol. The first-order chi connectivity index (χ1) is 14.6. The summed E-state index contributed by atoms with van der Waals surface area (Å²) in [6.45, 7) is 0.571. The molecule has 11 heteroatoms. The topological polar surface area (TPSA) is 96.6 Å². The van der Waals surface area contributed by atoms with Crippen LogP contribution < -0.4 is 10.5 Å². The van der Waals surface area contributed by atoms with Gasteiger partial charge >= 0.3 is 6.18 Å². The highest BCUT2D eigenvalue weighted by atomic mass is 32.1. The molecule has 2 heterocycles. The standard InChI is InChI=1S/C20H16F3N3O4S/c21-20(22,23)12-8-14-17(15(9-12)26(29)30)31-19(24-18(14)28)25-7-6-13(16(27)10-25)11-4-2-1-3-5-11/h1-5,8-9,13,16,27H,6-7,10H2/t13-,16+/m1/s1. The monoisotopic (exact) mass is 451 g/mol. The Kier molecular flexibility index (Phi) is 5.40. The van der Waals surface area contributed by atoms with Crippen LogP contribution in [0.2, 0.25) is 0 Å². The second-order valence-electron chi connectivity index (χ2n) is 7.25. The number of fused-ring (bicyclic) bond motifs is 1. The van der Waals surface area contributed by atoms with Crippen LogP contribution in [0.3, 0.4) is 0 Å². The number of halogens is 3. The summed E-state index contributed by atoms with van der Waals surface area (Å²) in [5, 5.41) is 21.7. The van der Waals surface area contributed by atoms with Crippen molar-refractivity contribution in [1.29, 1.82) is 0 Å². The van der Waals surface area contributed by atoms with Crippen LogP contribution in [0, 0.1) is 10.1 Å². The third-order valence-corrected chi connectivity index (χ3v) is 6.46. The lowest BCUT2D eigenvalue weighted by Crippen LogP contribution is -2.43. The number of β-amino-alcohol motifs (C(OH)–C–C–N with tert-alkyl or cyclic N) is 1. The fourth-order valence-electron chi connectivity index (χ4n) is 3.77. The molecule has 7 nitrogen and oxygen atoms in total. The number of hydrogen-bond acceptors (Lipinski definition) is 7. The molecule has 31 heavy (non-hydrogen) atoms. The van der Waals surface area contributed by atoms with Gasteiger partial charge in [0.05, 0.1) is 22.0 Å². The van der Waals surface area contributed by atoms with E-state index in [1.165, 1.54) is 0 Å². The fraction of sp³-hybridized carbons (Fsp3) is 0.300. The first-order valence-electron chi connectivity index (χ1n) is 9.33. The molecule has 0 bridgehead atoms. The molecule has 3 aromatic rings. The van der Waals surface area contributed by atoms with Crippen molar-refractivity contribution in [2.75, 3.05) is 18.0 Å². The number of aliphatic hydroxyl groups excluding tert-OH is 1. The Labute approximate surface area is 177 Å². The zero-order chi connectivity index (χ0) is 22.3. The highest BCUT2D eigenvalue weighted by Crippen LogP contribution is 2.39. The number of non-ortho nitro benzene ring substituents is 1. The molecule has 1 saturated heterocycles. The number of piperidine rings is 1. The Morgan fingerprint density at radius 1 is 1.23 bits per heavy atom. The van der Waals surface area contributed by atoms with Gasteiger partial charge in [0.15, 0.2) is 5.13 Å². The minimum absolute atomic E-state index is 0.113. The van der Waals surface area contributed by atoms with Gasteiger partial charge in [0.25, 0.3) is 11.2 Å². The van der Waals surface area contributed by atoms with Gasteiger partial charge in [-0.1, -0.05) is 41.7 Å². The lowest BCUT2D eigenvalue weighted by molar-refractivity contribution is -0.383. The maximum atomic E-state index is 13.1. The molecule has 0 radical (unpaired) electrons. The van der Waals surface area contributed by atoms with Gasteiger partial charge in [-0.3, -0.25) is 14.9 Å². The Morgan fingerprint density at radius 2 is 1.94 bits per heavy atom. The second kappa shape index (κ2) is 7.89. The van der Waals surface area contributed by atoms with Crippen LogP contribution in [-0.2, 0) is 6.18 Å². The van der Waals surface area contributed by atoms with Crippen molar-refractivity contribution in [3.05, 3.63) is 74.1 Å². The molecule has 2 aromatic carbocycles. The van der Waals surface area contributed by atoms with E-state index in [9.17, 15) is 33.2 Å². The summed E-state index contributed by atoms with van der Waals surface area (Å²) < 4.78 is 39.1. The van der Waals surface area contributed by atoms with E-state index in [1.807, 2.05) is 30.3 Å². The zero-order valence-corrected chi connectivity index (χ0v) is 16.7. The predicted octanol–water partition coefficient (Wildman–Crippen LogP) is 3.94. The first kappa shape index (κ1) is 21.2. The van der Waals surface area contributed by atoms with Crippen molar-refractivity contribution in [3.8, 4) is 0 Å². The number of nitro groups is 1. The molecule has 1 aromatic heterocycles. The summed E-state index contributed by atoms with van der Waals surface area (Å²) in [5.74, 6) is -0.113. The summed E-state index contributed by atoms with van der Waals surface area (Å²) in [4.78, 5) is 28.5. The van der Waals surface area contributed by atoms with E-state index in [4.69, 9.17) is 0 Å². The summed E-state index contributed by atoms with van der Waals surface area (Å²) >= 11 is 0.776. The van der Waals surface area contributed by atoms with Gasteiger partial charge in [-0.25, -0.2) is 0 Å². The van der Waals surface area contributed by atoms with E-state index >= 15 is 0 Å².